The van der Waals surface area contributed by atoms with E-state index in [1.54, 1.807) is 0 Å². The molecule has 0 aliphatic carbocycles. The van der Waals surface area contributed by atoms with Crippen LogP contribution in [0.4, 0.5) is 0 Å². The first-order chi connectivity index (χ1) is 5.85. The molecule has 0 amide bonds. The van der Waals surface area contributed by atoms with E-state index < -0.39 is 0 Å². The predicted octanol–water partition coefficient (Wildman–Crippen LogP) is 1.57. The Kier molecular flexibility index (Phi) is 8.56. The minimum Gasteiger partial charge on any atom is -0.372 e. The van der Waals surface area contributed by atoms with E-state index in [1.165, 1.54) is 0 Å². The molecule has 1 aliphatic rings. The number of halogens is 1. The number of nitrogens with one attached hydrogen (secondary N) is 1. The van der Waals surface area contributed by atoms with Gasteiger partial charge in [0, 0.05) is 13.1 Å². The van der Waals surface area contributed by atoms with E-state index >= 15 is 0 Å². The fraction of sp³-hybridized carbons (Fsp3) is 0.556. The lowest BCUT2D eigenvalue weighted by Gasteiger charge is -1.90. The van der Waals surface area contributed by atoms with Crippen LogP contribution in [-0.4, -0.2) is 31.7 Å². The molecule has 1 saturated heterocycles. The normalized spacial score (nSPS) is 18.9. The molecule has 0 saturated carbocycles. The molecule has 1 N–H and O–H groups in total. The summed E-state index contributed by atoms with van der Waals surface area (Å²) in [4.78, 5) is 0. The van der Waals surface area contributed by atoms with Gasteiger partial charge in [-0.05, 0) is 0 Å². The van der Waals surface area contributed by atoms with Crippen molar-refractivity contribution in [2.45, 2.75) is 6.10 Å². The first kappa shape index (κ1) is 11.7. The van der Waals surface area contributed by atoms with Crippen LogP contribution in [-0.2, 0) is 4.74 Å². The highest BCUT2D eigenvalue weighted by Crippen LogP contribution is 2.08. The molecule has 3 heteroatoms. The highest BCUT2D eigenvalue weighted by Gasteiger charge is 2.19. The third-order valence-electron chi connectivity index (χ3n) is 1.15. The van der Waals surface area contributed by atoms with Gasteiger partial charge in [0.15, 0.2) is 0 Å². The Morgan fingerprint density at radius 3 is 2.08 bits per heavy atom. The molecule has 0 spiro atoms. The van der Waals surface area contributed by atoms with E-state index in [-0.39, 0.29) is 0 Å². The second kappa shape index (κ2) is 8.78. The summed E-state index contributed by atoms with van der Waals surface area (Å²) in [5.41, 5.74) is 0. The van der Waals surface area contributed by atoms with Crippen LogP contribution >= 0.6 is 11.6 Å². The molecule has 1 unspecified atom stereocenters. The Hall–Kier alpha value is -0.310. The monoisotopic (exact) mass is 189 g/mol. The third kappa shape index (κ3) is 9.69. The van der Waals surface area contributed by atoms with Crippen molar-refractivity contribution in [1.29, 1.82) is 0 Å². The van der Waals surface area contributed by atoms with Gasteiger partial charge >= 0.3 is 0 Å². The zero-order valence-electron chi connectivity index (χ0n) is 7.26. The van der Waals surface area contributed by atoms with Crippen LogP contribution in [0.1, 0.15) is 0 Å². The van der Waals surface area contributed by atoms with Crippen LogP contribution in [0.15, 0.2) is 25.3 Å². The van der Waals surface area contributed by atoms with Crippen molar-refractivity contribution in [1.82, 2.24) is 5.32 Å². The van der Waals surface area contributed by atoms with E-state index in [4.69, 9.17) is 16.3 Å². The summed E-state index contributed by atoms with van der Waals surface area (Å²) < 4.78 is 4.73. The van der Waals surface area contributed by atoms with Gasteiger partial charge in [-0.15, -0.1) is 24.8 Å². The lowest BCUT2D eigenvalue weighted by molar-refractivity contribution is 0.425. The van der Waals surface area contributed by atoms with Gasteiger partial charge in [0.25, 0.3) is 0 Å². The Morgan fingerprint density at radius 1 is 1.42 bits per heavy atom. The standard InChI is InChI=1S/C6H11N.C3H5ClO/c1-3-5-7-6-4-2;4-1-3-2-5-3/h3-4,7H,1-2,5-6H2;3H,1-2H2. The molecule has 1 atom stereocenters. The van der Waals surface area contributed by atoms with Crippen molar-refractivity contribution >= 4 is 11.6 Å². The maximum atomic E-state index is 5.27. The molecule has 70 valence electrons. The fourth-order valence-corrected chi connectivity index (χ4v) is 0.623. The average molecular weight is 190 g/mol. The van der Waals surface area contributed by atoms with Crippen LogP contribution in [0.2, 0.25) is 0 Å². The van der Waals surface area contributed by atoms with Crippen LogP contribution in [0.25, 0.3) is 0 Å². The van der Waals surface area contributed by atoms with Crippen LogP contribution in [0.3, 0.4) is 0 Å². The average Bonchev–Trinajstić information content (AvgIpc) is 2.89. The molecular weight excluding hydrogens is 174 g/mol. The minimum absolute atomic E-state index is 0.400. The quantitative estimate of drug-likeness (QED) is 0.307. The maximum absolute atomic E-state index is 5.27. The van der Waals surface area contributed by atoms with Crippen molar-refractivity contribution in [2.24, 2.45) is 0 Å². The number of ether oxygens (including phenoxy) is 1. The van der Waals surface area contributed by atoms with Gasteiger partial charge in [-0.25, -0.2) is 0 Å². The molecule has 0 aromatic rings. The van der Waals surface area contributed by atoms with Crippen molar-refractivity contribution < 1.29 is 4.74 Å². The topological polar surface area (TPSA) is 24.6 Å². The first-order valence-corrected chi connectivity index (χ1v) is 4.48. The van der Waals surface area contributed by atoms with E-state index in [2.05, 4.69) is 18.5 Å². The summed E-state index contributed by atoms with van der Waals surface area (Å²) in [5, 5.41) is 3.05. The van der Waals surface area contributed by atoms with E-state index in [9.17, 15) is 0 Å². The lowest BCUT2D eigenvalue weighted by Crippen LogP contribution is -2.11. The second-order valence-electron chi connectivity index (χ2n) is 2.35. The van der Waals surface area contributed by atoms with E-state index in [0.717, 1.165) is 19.7 Å². The van der Waals surface area contributed by atoms with Crippen molar-refractivity contribution in [3.63, 3.8) is 0 Å². The highest BCUT2D eigenvalue weighted by molar-refractivity contribution is 6.18. The van der Waals surface area contributed by atoms with Gasteiger partial charge in [-0.2, -0.15) is 0 Å². The number of rotatable bonds is 5. The second-order valence-corrected chi connectivity index (χ2v) is 2.65. The predicted molar refractivity (Wildman–Crippen MR) is 53.7 cm³/mol. The Morgan fingerprint density at radius 2 is 1.92 bits per heavy atom. The zero-order valence-corrected chi connectivity index (χ0v) is 8.02. The molecule has 0 aromatic heterocycles. The Bertz CT molecular complexity index is 116. The molecule has 2 nitrogen and oxygen atoms in total. The Balaban J connectivity index is 0.000000211. The van der Waals surface area contributed by atoms with Gasteiger partial charge in [0.05, 0.1) is 18.6 Å². The molecule has 12 heavy (non-hydrogen) atoms. The molecule has 0 bridgehead atoms. The molecule has 1 aliphatic heterocycles. The van der Waals surface area contributed by atoms with Crippen LogP contribution in [0, 0.1) is 0 Å². The van der Waals surface area contributed by atoms with Gasteiger partial charge < -0.3 is 10.1 Å². The summed E-state index contributed by atoms with van der Waals surface area (Å²) in [5.74, 6) is 0.667. The van der Waals surface area contributed by atoms with Gasteiger partial charge in [-0.3, -0.25) is 0 Å². The summed E-state index contributed by atoms with van der Waals surface area (Å²) in [6, 6.07) is 0. The lowest BCUT2D eigenvalue weighted by atomic mass is 10.5. The number of hydrogen-bond acceptors (Lipinski definition) is 2. The molecule has 1 fully saturated rings. The summed E-state index contributed by atoms with van der Waals surface area (Å²) in [6.07, 6.45) is 4.05. The molecular formula is C9H16ClNO. The molecule has 0 aromatic carbocycles. The molecule has 1 heterocycles. The van der Waals surface area contributed by atoms with E-state index in [1.807, 2.05) is 12.2 Å². The van der Waals surface area contributed by atoms with Crippen molar-refractivity contribution in [2.75, 3.05) is 25.6 Å². The SMILES string of the molecule is C=CCNCC=C.ClCC1CO1. The van der Waals surface area contributed by atoms with Crippen LogP contribution < -0.4 is 5.32 Å². The zero-order chi connectivity index (χ0) is 9.23. The van der Waals surface area contributed by atoms with Crippen molar-refractivity contribution in [3.05, 3.63) is 25.3 Å². The highest BCUT2D eigenvalue weighted by atomic mass is 35.5. The van der Waals surface area contributed by atoms with Crippen molar-refractivity contribution in [3.8, 4) is 0 Å². The van der Waals surface area contributed by atoms with Gasteiger partial charge in [-0.1, -0.05) is 12.2 Å². The minimum atomic E-state index is 0.400. The largest absolute Gasteiger partial charge is 0.372 e. The number of epoxide rings is 1. The smallest absolute Gasteiger partial charge is 0.0944 e. The van der Waals surface area contributed by atoms with E-state index in [0.29, 0.717) is 12.0 Å². The van der Waals surface area contributed by atoms with Crippen LogP contribution in [0.5, 0.6) is 0 Å². The molecule has 0 radical (unpaired) electrons. The Labute approximate surface area is 79.2 Å². The summed E-state index contributed by atoms with van der Waals surface area (Å²) in [6.45, 7) is 9.68. The number of alkyl halides is 1. The molecule has 1 rings (SSSR count). The number of hydrogen-bond donors (Lipinski definition) is 1. The third-order valence-corrected chi connectivity index (χ3v) is 1.50. The summed E-state index contributed by atoms with van der Waals surface area (Å²) >= 11 is 5.27. The van der Waals surface area contributed by atoms with Gasteiger partial charge in [0.1, 0.15) is 0 Å². The van der Waals surface area contributed by atoms with Gasteiger partial charge in [0.2, 0.25) is 0 Å². The summed E-state index contributed by atoms with van der Waals surface area (Å²) in [7, 11) is 0. The fourth-order valence-electron chi connectivity index (χ4n) is 0.445. The maximum Gasteiger partial charge on any atom is 0.0944 e. The first-order valence-electron chi connectivity index (χ1n) is 3.95.